The molecule has 0 saturated heterocycles. The van der Waals surface area contributed by atoms with Crippen LogP contribution in [0, 0.1) is 6.92 Å². The molecule has 0 spiro atoms. The lowest BCUT2D eigenvalue weighted by atomic mass is 10.1. The Morgan fingerprint density at radius 2 is 1.75 bits per heavy atom. The van der Waals surface area contributed by atoms with Gasteiger partial charge in [0.1, 0.15) is 5.75 Å². The standard InChI is InChI=1S/C16H14Cl2O2/c1-10-3-8-14(18)15(9-10)20-11(2)16(19)12-4-6-13(17)7-5-12/h3-9,11H,1-2H3. The minimum Gasteiger partial charge on any atom is -0.481 e. The van der Waals surface area contributed by atoms with Crippen molar-refractivity contribution in [3.05, 3.63) is 63.6 Å². The van der Waals surface area contributed by atoms with Gasteiger partial charge in [-0.25, -0.2) is 0 Å². The van der Waals surface area contributed by atoms with Crippen molar-refractivity contribution in [1.29, 1.82) is 0 Å². The molecule has 20 heavy (non-hydrogen) atoms. The molecular formula is C16H14Cl2O2. The second-order valence-corrected chi connectivity index (χ2v) is 5.41. The summed E-state index contributed by atoms with van der Waals surface area (Å²) in [7, 11) is 0. The predicted molar refractivity (Wildman–Crippen MR) is 82.1 cm³/mol. The van der Waals surface area contributed by atoms with Crippen LogP contribution >= 0.6 is 23.2 Å². The van der Waals surface area contributed by atoms with E-state index in [-0.39, 0.29) is 5.78 Å². The maximum Gasteiger partial charge on any atom is 0.202 e. The average molecular weight is 309 g/mol. The first-order chi connectivity index (χ1) is 9.47. The molecule has 2 rings (SSSR count). The summed E-state index contributed by atoms with van der Waals surface area (Å²) in [6, 6.07) is 12.2. The third-order valence-electron chi connectivity index (χ3n) is 2.89. The Morgan fingerprint density at radius 1 is 1.10 bits per heavy atom. The first-order valence-electron chi connectivity index (χ1n) is 6.20. The molecule has 0 fully saturated rings. The van der Waals surface area contributed by atoms with Crippen molar-refractivity contribution in [2.24, 2.45) is 0 Å². The van der Waals surface area contributed by atoms with Gasteiger partial charge in [-0.3, -0.25) is 4.79 Å². The lowest BCUT2D eigenvalue weighted by Gasteiger charge is -2.15. The maximum atomic E-state index is 12.2. The molecule has 2 nitrogen and oxygen atoms in total. The summed E-state index contributed by atoms with van der Waals surface area (Å²) < 4.78 is 5.66. The molecule has 1 atom stereocenters. The largest absolute Gasteiger partial charge is 0.481 e. The molecule has 0 bridgehead atoms. The van der Waals surface area contributed by atoms with E-state index in [2.05, 4.69) is 0 Å². The summed E-state index contributed by atoms with van der Waals surface area (Å²) in [5.41, 5.74) is 1.58. The van der Waals surface area contributed by atoms with Crippen LogP contribution in [-0.4, -0.2) is 11.9 Å². The van der Waals surface area contributed by atoms with Gasteiger partial charge in [0.15, 0.2) is 6.10 Å². The molecule has 104 valence electrons. The Balaban J connectivity index is 2.15. The highest BCUT2D eigenvalue weighted by Crippen LogP contribution is 2.26. The quantitative estimate of drug-likeness (QED) is 0.747. The number of hydrogen-bond donors (Lipinski definition) is 0. The SMILES string of the molecule is Cc1ccc(Cl)c(OC(C)C(=O)c2ccc(Cl)cc2)c1. The van der Waals surface area contributed by atoms with Gasteiger partial charge in [-0.1, -0.05) is 29.3 Å². The van der Waals surface area contributed by atoms with Crippen LogP contribution in [0.3, 0.4) is 0 Å². The van der Waals surface area contributed by atoms with E-state index in [0.29, 0.717) is 21.4 Å². The van der Waals surface area contributed by atoms with E-state index >= 15 is 0 Å². The van der Waals surface area contributed by atoms with Crippen molar-refractivity contribution in [1.82, 2.24) is 0 Å². The molecule has 0 amide bonds. The summed E-state index contributed by atoms with van der Waals surface area (Å²) in [4.78, 5) is 12.2. The Hall–Kier alpha value is -1.51. The summed E-state index contributed by atoms with van der Waals surface area (Å²) in [6.45, 7) is 3.64. The number of rotatable bonds is 4. The molecule has 0 aliphatic carbocycles. The number of ether oxygens (including phenoxy) is 1. The molecule has 0 aromatic heterocycles. The second-order valence-electron chi connectivity index (χ2n) is 4.57. The number of ketones is 1. The van der Waals surface area contributed by atoms with Gasteiger partial charge in [0, 0.05) is 10.6 Å². The number of carbonyl (C=O) groups is 1. The van der Waals surface area contributed by atoms with Crippen molar-refractivity contribution in [3.63, 3.8) is 0 Å². The third kappa shape index (κ3) is 3.53. The summed E-state index contributed by atoms with van der Waals surface area (Å²) >= 11 is 11.9. The lowest BCUT2D eigenvalue weighted by molar-refractivity contribution is 0.0818. The topological polar surface area (TPSA) is 26.3 Å². The van der Waals surface area contributed by atoms with Crippen LogP contribution in [0.25, 0.3) is 0 Å². The molecule has 0 heterocycles. The van der Waals surface area contributed by atoms with Crippen LogP contribution in [0.15, 0.2) is 42.5 Å². The molecule has 4 heteroatoms. The molecule has 0 aliphatic rings. The van der Waals surface area contributed by atoms with E-state index in [0.717, 1.165) is 5.56 Å². The predicted octanol–water partition coefficient (Wildman–Crippen LogP) is 4.95. The van der Waals surface area contributed by atoms with Gasteiger partial charge in [0.05, 0.1) is 5.02 Å². The van der Waals surface area contributed by atoms with Gasteiger partial charge < -0.3 is 4.74 Å². The Labute approximate surface area is 128 Å². The van der Waals surface area contributed by atoms with E-state index in [1.54, 1.807) is 37.3 Å². The van der Waals surface area contributed by atoms with Gasteiger partial charge in [0.25, 0.3) is 0 Å². The fourth-order valence-corrected chi connectivity index (χ4v) is 2.08. The van der Waals surface area contributed by atoms with Crippen molar-refractivity contribution in [2.75, 3.05) is 0 Å². The molecule has 0 aliphatic heterocycles. The van der Waals surface area contributed by atoms with Crippen LogP contribution in [0.4, 0.5) is 0 Å². The first kappa shape index (κ1) is 14.9. The van der Waals surface area contributed by atoms with Gasteiger partial charge >= 0.3 is 0 Å². The van der Waals surface area contributed by atoms with Crippen LogP contribution in [0.5, 0.6) is 5.75 Å². The number of hydrogen-bond acceptors (Lipinski definition) is 2. The maximum absolute atomic E-state index is 12.2. The van der Waals surface area contributed by atoms with Gasteiger partial charge in [-0.15, -0.1) is 0 Å². The Morgan fingerprint density at radius 3 is 2.40 bits per heavy atom. The van der Waals surface area contributed by atoms with E-state index < -0.39 is 6.10 Å². The molecule has 2 aromatic rings. The zero-order valence-corrected chi connectivity index (χ0v) is 12.7. The summed E-state index contributed by atoms with van der Waals surface area (Å²) in [6.07, 6.45) is -0.615. The van der Waals surface area contributed by atoms with Gasteiger partial charge in [0.2, 0.25) is 5.78 Å². The third-order valence-corrected chi connectivity index (χ3v) is 3.45. The minimum atomic E-state index is -0.615. The van der Waals surface area contributed by atoms with Crippen molar-refractivity contribution in [3.8, 4) is 5.75 Å². The van der Waals surface area contributed by atoms with Crippen LogP contribution < -0.4 is 4.74 Å². The van der Waals surface area contributed by atoms with Crippen molar-refractivity contribution < 1.29 is 9.53 Å². The van der Waals surface area contributed by atoms with Crippen LogP contribution in [0.1, 0.15) is 22.8 Å². The number of benzene rings is 2. The smallest absolute Gasteiger partial charge is 0.202 e. The van der Waals surface area contributed by atoms with E-state index in [1.807, 2.05) is 19.1 Å². The molecule has 2 aromatic carbocycles. The summed E-state index contributed by atoms with van der Waals surface area (Å²) in [5.74, 6) is 0.403. The first-order valence-corrected chi connectivity index (χ1v) is 6.95. The summed E-state index contributed by atoms with van der Waals surface area (Å²) in [5, 5.41) is 1.09. The number of carbonyl (C=O) groups excluding carboxylic acids is 1. The Kier molecular flexibility index (Phi) is 4.69. The molecule has 0 saturated carbocycles. The van der Waals surface area contributed by atoms with E-state index in [4.69, 9.17) is 27.9 Å². The van der Waals surface area contributed by atoms with Crippen molar-refractivity contribution in [2.45, 2.75) is 20.0 Å². The molecule has 0 radical (unpaired) electrons. The second kappa shape index (κ2) is 6.29. The van der Waals surface area contributed by atoms with E-state index in [1.165, 1.54) is 0 Å². The highest BCUT2D eigenvalue weighted by atomic mass is 35.5. The normalized spacial score (nSPS) is 12.0. The fourth-order valence-electron chi connectivity index (χ4n) is 1.79. The molecule has 1 unspecified atom stereocenters. The zero-order chi connectivity index (χ0) is 14.7. The van der Waals surface area contributed by atoms with Crippen molar-refractivity contribution >= 4 is 29.0 Å². The Bertz CT molecular complexity index is 621. The lowest BCUT2D eigenvalue weighted by Crippen LogP contribution is -2.24. The monoisotopic (exact) mass is 308 g/mol. The average Bonchev–Trinajstić information content (AvgIpc) is 2.43. The number of Topliss-reactive ketones (excluding diaryl/α,β-unsaturated/α-hetero) is 1. The van der Waals surface area contributed by atoms with Gasteiger partial charge in [-0.05, 0) is 55.8 Å². The molecule has 0 N–H and O–H groups in total. The highest BCUT2D eigenvalue weighted by molar-refractivity contribution is 6.32. The van der Waals surface area contributed by atoms with E-state index in [9.17, 15) is 4.79 Å². The van der Waals surface area contributed by atoms with Crippen LogP contribution in [-0.2, 0) is 0 Å². The number of aryl methyl sites for hydroxylation is 1. The van der Waals surface area contributed by atoms with Crippen LogP contribution in [0.2, 0.25) is 10.0 Å². The minimum absolute atomic E-state index is 0.112. The van der Waals surface area contributed by atoms with Gasteiger partial charge in [-0.2, -0.15) is 0 Å². The molecular weight excluding hydrogens is 295 g/mol. The zero-order valence-electron chi connectivity index (χ0n) is 11.2. The highest BCUT2D eigenvalue weighted by Gasteiger charge is 2.18. The number of halogens is 2. The fraction of sp³-hybridized carbons (Fsp3) is 0.188.